The molecule has 1 heterocycles. The van der Waals surface area contributed by atoms with Gasteiger partial charge in [0.15, 0.2) is 0 Å². The van der Waals surface area contributed by atoms with Crippen LogP contribution in [0.5, 0.6) is 0 Å². The minimum absolute atomic E-state index is 0.339. The van der Waals surface area contributed by atoms with Crippen molar-refractivity contribution in [1.82, 2.24) is 14.9 Å². The van der Waals surface area contributed by atoms with Gasteiger partial charge in [0.1, 0.15) is 0 Å². The number of aliphatic hydroxyl groups is 1. The van der Waals surface area contributed by atoms with Crippen LogP contribution in [0.2, 0.25) is 0 Å². The van der Waals surface area contributed by atoms with Gasteiger partial charge in [0.05, 0.1) is 12.0 Å². The van der Waals surface area contributed by atoms with Crippen LogP contribution in [-0.4, -0.2) is 27.3 Å². The summed E-state index contributed by atoms with van der Waals surface area (Å²) in [6.07, 6.45) is 9.77. The second-order valence-electron chi connectivity index (χ2n) is 5.37. The smallest absolute Gasteiger partial charge is 0.0948 e. The van der Waals surface area contributed by atoms with Crippen molar-refractivity contribution < 1.29 is 5.11 Å². The number of aliphatic hydroxyl groups excluding tert-OH is 1. The molecule has 18 heavy (non-hydrogen) atoms. The summed E-state index contributed by atoms with van der Waals surface area (Å²) >= 11 is 0. The Bertz CT molecular complexity index is 351. The Balaban J connectivity index is 1.81. The first-order chi connectivity index (χ1) is 8.83. The highest BCUT2D eigenvalue weighted by Crippen LogP contribution is 2.23. The van der Waals surface area contributed by atoms with Gasteiger partial charge in [-0.25, -0.2) is 4.98 Å². The monoisotopic (exact) mass is 251 g/mol. The van der Waals surface area contributed by atoms with Gasteiger partial charge in [-0.05, 0) is 31.6 Å². The fourth-order valence-corrected chi connectivity index (χ4v) is 2.83. The van der Waals surface area contributed by atoms with E-state index in [4.69, 9.17) is 0 Å². The molecule has 0 aromatic carbocycles. The Labute approximate surface area is 109 Å². The Hall–Kier alpha value is -0.870. The highest BCUT2D eigenvalue weighted by atomic mass is 16.3. The molecule has 1 aliphatic carbocycles. The van der Waals surface area contributed by atoms with Gasteiger partial charge in [-0.15, -0.1) is 0 Å². The number of imidazole rings is 1. The van der Waals surface area contributed by atoms with E-state index in [-0.39, 0.29) is 0 Å². The molecule has 0 saturated heterocycles. The van der Waals surface area contributed by atoms with E-state index >= 15 is 0 Å². The van der Waals surface area contributed by atoms with Crippen LogP contribution < -0.4 is 5.32 Å². The number of rotatable bonds is 6. The van der Waals surface area contributed by atoms with Gasteiger partial charge >= 0.3 is 0 Å². The third-order valence-electron chi connectivity index (χ3n) is 3.88. The number of aromatic nitrogens is 2. The first-order valence-corrected chi connectivity index (χ1v) is 7.16. The van der Waals surface area contributed by atoms with E-state index in [1.165, 1.54) is 25.0 Å². The molecule has 2 unspecified atom stereocenters. The Kier molecular flexibility index (Phi) is 5.20. The van der Waals surface area contributed by atoms with Gasteiger partial charge in [-0.3, -0.25) is 0 Å². The van der Waals surface area contributed by atoms with Crippen molar-refractivity contribution in [1.29, 1.82) is 0 Å². The van der Waals surface area contributed by atoms with Gasteiger partial charge in [-0.1, -0.05) is 13.3 Å². The zero-order valence-electron chi connectivity index (χ0n) is 11.3. The van der Waals surface area contributed by atoms with Crippen LogP contribution >= 0.6 is 0 Å². The summed E-state index contributed by atoms with van der Waals surface area (Å²) in [4.78, 5) is 4.22. The number of hydrogen-bond donors (Lipinski definition) is 2. The lowest BCUT2D eigenvalue weighted by Crippen LogP contribution is -2.35. The lowest BCUT2D eigenvalue weighted by Gasteiger charge is -2.28. The minimum atomic E-state index is 0.339. The van der Waals surface area contributed by atoms with Crippen LogP contribution in [-0.2, 0) is 13.1 Å². The van der Waals surface area contributed by atoms with E-state index in [2.05, 4.69) is 21.8 Å². The molecule has 4 heteroatoms. The summed E-state index contributed by atoms with van der Waals surface area (Å²) in [5, 5.41) is 12.8. The topological polar surface area (TPSA) is 50.1 Å². The maximum atomic E-state index is 9.23. The van der Waals surface area contributed by atoms with Crippen LogP contribution in [0.3, 0.4) is 0 Å². The highest BCUT2D eigenvalue weighted by Gasteiger charge is 2.21. The molecule has 2 rings (SSSR count). The molecule has 0 aliphatic heterocycles. The number of hydrogen-bond acceptors (Lipinski definition) is 3. The molecule has 0 spiro atoms. The van der Waals surface area contributed by atoms with Crippen molar-refractivity contribution in [2.75, 3.05) is 6.61 Å². The normalized spacial score (nSPS) is 24.3. The largest absolute Gasteiger partial charge is 0.396 e. The Morgan fingerprint density at radius 3 is 3.17 bits per heavy atom. The molecule has 2 atom stereocenters. The fraction of sp³-hybridized carbons (Fsp3) is 0.786. The van der Waals surface area contributed by atoms with E-state index in [1.54, 1.807) is 0 Å². The molecule has 0 bridgehead atoms. The quantitative estimate of drug-likeness (QED) is 0.812. The van der Waals surface area contributed by atoms with Crippen molar-refractivity contribution in [3.05, 3.63) is 18.2 Å². The summed E-state index contributed by atoms with van der Waals surface area (Å²) in [6.45, 7) is 4.46. The average molecular weight is 251 g/mol. The standard InChI is InChI=1S/C14H25N3O/c1-2-6-17-11-15-8-14(17)9-16-13-5-3-4-12(7-13)10-18/h8,11-13,16,18H,2-7,9-10H2,1H3. The molecule has 1 aromatic rings. The Morgan fingerprint density at radius 2 is 2.39 bits per heavy atom. The number of nitrogens with zero attached hydrogens (tertiary/aromatic N) is 2. The summed E-state index contributed by atoms with van der Waals surface area (Å²) in [6, 6.07) is 0.556. The molecule has 1 aromatic heterocycles. The van der Waals surface area contributed by atoms with Crippen molar-refractivity contribution in [3.63, 3.8) is 0 Å². The second-order valence-corrected chi connectivity index (χ2v) is 5.37. The van der Waals surface area contributed by atoms with Crippen molar-refractivity contribution >= 4 is 0 Å². The number of aryl methyl sites for hydroxylation is 1. The van der Waals surface area contributed by atoms with Crippen LogP contribution in [0.15, 0.2) is 12.5 Å². The van der Waals surface area contributed by atoms with Gasteiger partial charge in [0.25, 0.3) is 0 Å². The van der Waals surface area contributed by atoms with Gasteiger partial charge < -0.3 is 15.0 Å². The molecular weight excluding hydrogens is 226 g/mol. The van der Waals surface area contributed by atoms with Gasteiger partial charge in [-0.2, -0.15) is 0 Å². The molecule has 102 valence electrons. The third kappa shape index (κ3) is 3.56. The van der Waals surface area contributed by atoms with Crippen LogP contribution in [0.4, 0.5) is 0 Å². The predicted octanol–water partition coefficient (Wildman–Crippen LogP) is 1.93. The number of nitrogens with one attached hydrogen (secondary N) is 1. The van der Waals surface area contributed by atoms with E-state index in [1.807, 2.05) is 12.5 Å². The van der Waals surface area contributed by atoms with Crippen LogP contribution in [0, 0.1) is 5.92 Å². The molecule has 1 fully saturated rings. The molecule has 1 saturated carbocycles. The minimum Gasteiger partial charge on any atom is -0.396 e. The third-order valence-corrected chi connectivity index (χ3v) is 3.88. The first-order valence-electron chi connectivity index (χ1n) is 7.16. The lowest BCUT2D eigenvalue weighted by molar-refractivity contribution is 0.170. The average Bonchev–Trinajstić information content (AvgIpc) is 2.85. The SMILES string of the molecule is CCCn1cncc1CNC1CCCC(CO)C1. The molecule has 4 nitrogen and oxygen atoms in total. The van der Waals surface area contributed by atoms with Gasteiger partial charge in [0, 0.05) is 31.9 Å². The molecular formula is C14H25N3O. The van der Waals surface area contributed by atoms with Crippen molar-refractivity contribution in [3.8, 4) is 0 Å². The van der Waals surface area contributed by atoms with Crippen LogP contribution in [0.25, 0.3) is 0 Å². The molecule has 0 amide bonds. The molecule has 0 radical (unpaired) electrons. The van der Waals surface area contributed by atoms with E-state index in [0.29, 0.717) is 18.6 Å². The maximum Gasteiger partial charge on any atom is 0.0948 e. The second kappa shape index (κ2) is 6.90. The summed E-state index contributed by atoms with van der Waals surface area (Å²) in [7, 11) is 0. The maximum absolute atomic E-state index is 9.23. The molecule has 2 N–H and O–H groups in total. The Morgan fingerprint density at radius 1 is 1.50 bits per heavy atom. The van der Waals surface area contributed by atoms with E-state index in [0.717, 1.165) is 25.9 Å². The fourth-order valence-electron chi connectivity index (χ4n) is 2.83. The first kappa shape index (κ1) is 13.6. The molecule has 1 aliphatic rings. The summed E-state index contributed by atoms with van der Waals surface area (Å²) in [5.41, 5.74) is 1.27. The van der Waals surface area contributed by atoms with Gasteiger partial charge in [0.2, 0.25) is 0 Å². The predicted molar refractivity (Wildman–Crippen MR) is 72.2 cm³/mol. The lowest BCUT2D eigenvalue weighted by atomic mass is 9.86. The zero-order chi connectivity index (χ0) is 12.8. The van der Waals surface area contributed by atoms with Crippen LogP contribution in [0.1, 0.15) is 44.7 Å². The van der Waals surface area contributed by atoms with E-state index in [9.17, 15) is 5.11 Å². The summed E-state index contributed by atoms with van der Waals surface area (Å²) < 4.78 is 2.22. The van der Waals surface area contributed by atoms with E-state index < -0.39 is 0 Å². The van der Waals surface area contributed by atoms with Crippen molar-refractivity contribution in [2.24, 2.45) is 5.92 Å². The van der Waals surface area contributed by atoms with Crippen molar-refractivity contribution in [2.45, 2.75) is 58.2 Å². The zero-order valence-corrected chi connectivity index (χ0v) is 11.3. The summed E-state index contributed by atoms with van der Waals surface area (Å²) in [5.74, 6) is 0.497. The highest BCUT2D eigenvalue weighted by molar-refractivity contribution is 4.98.